The quantitative estimate of drug-likeness (QED) is 0.139. The van der Waals surface area contributed by atoms with Crippen molar-refractivity contribution in [2.45, 2.75) is 178 Å². The summed E-state index contributed by atoms with van der Waals surface area (Å²) < 4.78 is 43.4. The van der Waals surface area contributed by atoms with Gasteiger partial charge in [-0.1, -0.05) is 32.0 Å². The number of hydrogen-bond acceptors (Lipinski definition) is 17. The van der Waals surface area contributed by atoms with Crippen LogP contribution in [0.4, 0.5) is 0 Å². The standard InChI is InChI=1S/C51H80N4O14/c1-11-41(59)67-39-27-40(58)53-35(17-15-16-33-20-23-52-37-19-14-13-18-36(33)37)21-24-55(9)29-38(57)30(3)26-34(22-25-56)47(48(39)63-10)69-50-45(60)44(54(7)8)46(32(5)66-50)68-42-28-51(6,62)43(31(4)65-42)49(61)64-12-2/h13-14,18-20,23,25,30-32,34-35,38-39,42-48,50,57,60,62H,11-12,15-17,21-22,24,26-29H2,1-10H3,(H,53,58)/t30-,31+,32-,34+,35?,38+,39-,42+,43-,44-,45-,46-,47+,48+,50+,51-/m1/s1. The van der Waals surface area contributed by atoms with Crippen LogP contribution in [-0.2, 0) is 58.8 Å². The molecule has 4 N–H and O–H groups in total. The van der Waals surface area contributed by atoms with Gasteiger partial charge in [0.15, 0.2) is 12.6 Å². The van der Waals surface area contributed by atoms with E-state index in [1.165, 1.54) is 7.11 Å². The summed E-state index contributed by atoms with van der Waals surface area (Å²) in [7, 11) is 6.87. The van der Waals surface area contributed by atoms with Crippen molar-refractivity contribution in [3.05, 3.63) is 42.1 Å². The number of aliphatic hydroxyl groups is 3. The highest BCUT2D eigenvalue weighted by atomic mass is 16.7. The molecule has 388 valence electrons. The third kappa shape index (κ3) is 14.9. The van der Waals surface area contributed by atoms with Crippen LogP contribution in [0.25, 0.3) is 10.9 Å². The number of aromatic nitrogens is 1. The molecule has 16 atom stereocenters. The minimum Gasteiger partial charge on any atom is -0.466 e. The first kappa shape index (κ1) is 56.2. The lowest BCUT2D eigenvalue weighted by Crippen LogP contribution is -2.65. The van der Waals surface area contributed by atoms with Crippen LogP contribution in [0.3, 0.4) is 0 Å². The molecule has 3 fully saturated rings. The summed E-state index contributed by atoms with van der Waals surface area (Å²) in [6.07, 6.45) is -5.22. The molecule has 1 unspecified atom stereocenters. The highest BCUT2D eigenvalue weighted by molar-refractivity contribution is 5.82. The topological polar surface area (TPSA) is 225 Å². The number of nitrogens with one attached hydrogen (secondary N) is 1. The van der Waals surface area contributed by atoms with Crippen molar-refractivity contribution >= 4 is 35.0 Å². The Morgan fingerprint density at radius 2 is 1.78 bits per heavy atom. The van der Waals surface area contributed by atoms with Crippen LogP contribution < -0.4 is 5.32 Å². The molecule has 5 rings (SSSR count). The molecule has 0 radical (unpaired) electrons. The number of esters is 2. The van der Waals surface area contributed by atoms with E-state index < -0.39 is 96.8 Å². The fourth-order valence-electron chi connectivity index (χ4n) is 10.5. The molecule has 18 nitrogen and oxygen atoms in total. The SMILES string of the molecule is CCOC(=O)[C@H]1[C@H](C)O[C@@H](O[C@H]2[C@H](N(C)C)[C@@H](O)[C@H](O[C@H]3[C@@H](CC=O)C[C@@H](C)[C@@H](O)CN(C)CCC(CCCc4ccnc5ccccc45)NC(=O)C[C@@H](OC(=O)CC)[C@@H]3OC)O[C@@H]2C)C[C@@]1(C)O. The number of nitrogens with zero attached hydrogens (tertiary/aromatic N) is 3. The second-order valence-electron chi connectivity index (χ2n) is 19.8. The van der Waals surface area contributed by atoms with Gasteiger partial charge in [-0.3, -0.25) is 19.4 Å². The fraction of sp³-hybridized carbons (Fsp3) is 0.745. The number of likely N-dealkylation sites (N-methyl/N-ethyl adjacent to an activating group) is 2. The molecular weight excluding hydrogens is 893 g/mol. The monoisotopic (exact) mass is 973 g/mol. The van der Waals surface area contributed by atoms with E-state index in [1.807, 2.05) is 49.3 Å². The number of ether oxygens (including phenoxy) is 7. The van der Waals surface area contributed by atoms with Gasteiger partial charge >= 0.3 is 11.9 Å². The van der Waals surface area contributed by atoms with Crippen LogP contribution >= 0.6 is 0 Å². The van der Waals surface area contributed by atoms with Crippen LogP contribution in [0.1, 0.15) is 98.5 Å². The number of fused-ring (bicyclic) bond motifs is 1. The van der Waals surface area contributed by atoms with E-state index in [2.05, 4.69) is 16.4 Å². The molecule has 0 spiro atoms. The number of rotatable bonds is 16. The first-order chi connectivity index (χ1) is 32.8. The Labute approximate surface area is 408 Å². The molecule has 3 saturated heterocycles. The van der Waals surface area contributed by atoms with E-state index in [0.29, 0.717) is 25.9 Å². The third-order valence-corrected chi connectivity index (χ3v) is 14.2. The summed E-state index contributed by atoms with van der Waals surface area (Å²) in [5.74, 6) is -3.52. The van der Waals surface area contributed by atoms with Gasteiger partial charge in [-0.2, -0.15) is 0 Å². The fourth-order valence-corrected chi connectivity index (χ4v) is 10.5. The normalized spacial score (nSPS) is 35.7. The van der Waals surface area contributed by atoms with Crippen molar-refractivity contribution in [1.29, 1.82) is 0 Å². The van der Waals surface area contributed by atoms with Gasteiger partial charge in [-0.05, 0) is 117 Å². The molecule has 0 bridgehead atoms. The first-order valence-electron chi connectivity index (χ1n) is 24.8. The number of pyridine rings is 1. The highest BCUT2D eigenvalue weighted by Gasteiger charge is 2.54. The summed E-state index contributed by atoms with van der Waals surface area (Å²) in [6, 6.07) is 8.98. The molecular formula is C51H80N4O14. The smallest absolute Gasteiger partial charge is 0.314 e. The van der Waals surface area contributed by atoms with Crippen molar-refractivity contribution in [3.8, 4) is 0 Å². The first-order valence-corrected chi connectivity index (χ1v) is 24.8. The van der Waals surface area contributed by atoms with E-state index >= 15 is 0 Å². The lowest BCUT2D eigenvalue weighted by molar-refractivity contribution is -0.340. The Balaban J connectivity index is 1.43. The Bertz CT molecular complexity index is 1950. The van der Waals surface area contributed by atoms with Crippen LogP contribution in [0.2, 0.25) is 0 Å². The lowest BCUT2D eigenvalue weighted by atomic mass is 9.80. The number of aldehydes is 1. The average Bonchev–Trinajstić information content (AvgIpc) is 3.28. The number of aliphatic hydroxyl groups excluding tert-OH is 2. The minimum atomic E-state index is -1.54. The Kier molecular flexibility index (Phi) is 21.3. The van der Waals surface area contributed by atoms with Crippen molar-refractivity contribution < 1.29 is 67.7 Å². The van der Waals surface area contributed by atoms with E-state index in [1.54, 1.807) is 53.6 Å². The van der Waals surface area contributed by atoms with Gasteiger partial charge in [-0.15, -0.1) is 0 Å². The number of aryl methyl sites for hydroxylation is 1. The van der Waals surface area contributed by atoms with Crippen LogP contribution in [0, 0.1) is 17.8 Å². The Hall–Kier alpha value is -3.69. The van der Waals surface area contributed by atoms with Crippen molar-refractivity contribution in [2.75, 3.05) is 47.9 Å². The molecule has 1 aromatic carbocycles. The minimum absolute atomic E-state index is 0.00991. The predicted molar refractivity (Wildman–Crippen MR) is 256 cm³/mol. The highest BCUT2D eigenvalue weighted by Crippen LogP contribution is 2.39. The summed E-state index contributed by atoms with van der Waals surface area (Å²) in [6.45, 7) is 11.3. The van der Waals surface area contributed by atoms with Gasteiger partial charge in [0, 0.05) is 50.5 Å². The van der Waals surface area contributed by atoms with E-state index in [4.69, 9.17) is 33.2 Å². The molecule has 0 aliphatic carbocycles. The maximum absolute atomic E-state index is 14.3. The number of carbonyl (C=O) groups excluding carboxylic acids is 4. The van der Waals surface area contributed by atoms with Gasteiger partial charge < -0.3 is 68.4 Å². The molecule has 69 heavy (non-hydrogen) atoms. The molecule has 18 heteroatoms. The van der Waals surface area contributed by atoms with E-state index in [-0.39, 0.29) is 56.6 Å². The van der Waals surface area contributed by atoms with E-state index in [9.17, 15) is 34.5 Å². The summed E-state index contributed by atoms with van der Waals surface area (Å²) >= 11 is 0. The number of β-amino-alcohol motifs (C(OH)–C–C–N with tert-alkyl or cyclic N) is 1. The van der Waals surface area contributed by atoms with Crippen LogP contribution in [0.5, 0.6) is 0 Å². The zero-order chi connectivity index (χ0) is 50.6. The van der Waals surface area contributed by atoms with Crippen LogP contribution in [0.15, 0.2) is 36.5 Å². The van der Waals surface area contributed by atoms with Gasteiger partial charge in [0.05, 0.1) is 54.6 Å². The molecule has 2 aromatic rings. The maximum atomic E-state index is 14.3. The van der Waals surface area contributed by atoms with Crippen LogP contribution in [-0.4, -0.2) is 181 Å². The summed E-state index contributed by atoms with van der Waals surface area (Å²) in [5, 5.41) is 39.7. The lowest BCUT2D eigenvalue weighted by Gasteiger charge is -2.50. The zero-order valence-electron chi connectivity index (χ0n) is 42.4. The molecule has 3 aliphatic rings. The predicted octanol–water partition coefficient (Wildman–Crippen LogP) is 3.57. The van der Waals surface area contributed by atoms with Gasteiger partial charge in [0.25, 0.3) is 0 Å². The molecule has 4 heterocycles. The molecule has 1 amide bonds. The van der Waals surface area contributed by atoms with Gasteiger partial charge in [0.2, 0.25) is 5.91 Å². The number of para-hydroxylation sites is 1. The maximum Gasteiger partial charge on any atom is 0.314 e. The average molecular weight is 973 g/mol. The van der Waals surface area contributed by atoms with Gasteiger partial charge in [-0.25, -0.2) is 0 Å². The van der Waals surface area contributed by atoms with Crippen molar-refractivity contribution in [2.24, 2.45) is 17.8 Å². The summed E-state index contributed by atoms with van der Waals surface area (Å²) in [4.78, 5) is 61.2. The van der Waals surface area contributed by atoms with Crippen molar-refractivity contribution in [3.63, 3.8) is 0 Å². The zero-order valence-corrected chi connectivity index (χ0v) is 42.4. The van der Waals surface area contributed by atoms with E-state index in [0.717, 1.165) is 35.6 Å². The number of methoxy groups -OCH3 is 1. The Morgan fingerprint density at radius 3 is 2.45 bits per heavy atom. The Morgan fingerprint density at radius 1 is 1.04 bits per heavy atom. The number of hydrogen-bond donors (Lipinski definition) is 4. The second kappa shape index (κ2) is 26.1. The van der Waals surface area contributed by atoms with Gasteiger partial charge in [0.1, 0.15) is 36.6 Å². The molecule has 1 aromatic heterocycles. The molecule has 0 saturated carbocycles. The second-order valence-corrected chi connectivity index (χ2v) is 19.8. The number of benzene rings is 1. The third-order valence-electron chi connectivity index (χ3n) is 14.2. The number of amides is 1. The molecule has 3 aliphatic heterocycles. The largest absolute Gasteiger partial charge is 0.466 e. The summed E-state index contributed by atoms with van der Waals surface area (Å²) in [5.41, 5.74) is 0.547. The number of carbonyl (C=O) groups is 4. The van der Waals surface area contributed by atoms with Crippen molar-refractivity contribution in [1.82, 2.24) is 20.1 Å².